The molecule has 1 saturated carbocycles. The summed E-state index contributed by atoms with van der Waals surface area (Å²) in [5, 5.41) is 2.07. The van der Waals surface area contributed by atoms with Gasteiger partial charge in [0.2, 0.25) is 10.0 Å². The van der Waals surface area contributed by atoms with E-state index in [0.29, 0.717) is 12.3 Å². The Bertz CT molecular complexity index is 763. The fourth-order valence-electron chi connectivity index (χ4n) is 3.47. The lowest BCUT2D eigenvalue weighted by Crippen LogP contribution is -2.41. The first-order valence-corrected chi connectivity index (χ1v) is 10.6. The molecule has 0 spiro atoms. The number of hydrogen-bond acceptors (Lipinski definition) is 4. The Morgan fingerprint density at radius 2 is 1.88 bits per heavy atom. The molecule has 0 saturated heterocycles. The van der Waals surface area contributed by atoms with Crippen LogP contribution in [0.2, 0.25) is 0 Å². The van der Waals surface area contributed by atoms with Crippen LogP contribution in [-0.4, -0.2) is 22.1 Å². The lowest BCUT2D eigenvalue weighted by atomic mass is 9.73. The quantitative estimate of drug-likeness (QED) is 0.844. The Morgan fingerprint density at radius 1 is 1.12 bits per heavy atom. The lowest BCUT2D eigenvalue weighted by Gasteiger charge is -2.36. The monoisotopic (exact) mass is 365 g/mol. The van der Waals surface area contributed by atoms with Crippen molar-refractivity contribution in [2.24, 2.45) is 0 Å². The van der Waals surface area contributed by atoms with Crippen LogP contribution in [0.25, 0.3) is 0 Å². The molecule has 1 aromatic carbocycles. The smallest absolute Gasteiger partial charge is 0.244 e. The third kappa shape index (κ3) is 3.50. The van der Waals surface area contributed by atoms with E-state index in [1.165, 1.54) is 18.4 Å². The molecule has 24 heavy (non-hydrogen) atoms. The predicted molar refractivity (Wildman–Crippen MR) is 97.3 cm³/mol. The number of methoxy groups -OCH3 is 1. The van der Waals surface area contributed by atoms with E-state index in [4.69, 9.17) is 4.74 Å². The van der Waals surface area contributed by atoms with Crippen LogP contribution in [0.1, 0.15) is 37.0 Å². The molecule has 3 rings (SSSR count). The zero-order chi connectivity index (χ0) is 17.0. The van der Waals surface area contributed by atoms with Gasteiger partial charge in [-0.15, -0.1) is 11.3 Å². The molecule has 0 atom stereocenters. The topological polar surface area (TPSA) is 55.4 Å². The van der Waals surface area contributed by atoms with Crippen LogP contribution < -0.4 is 9.46 Å². The minimum absolute atomic E-state index is 0.0818. The zero-order valence-corrected chi connectivity index (χ0v) is 15.5. The SMILES string of the molecule is COc1ccccc1S(=O)(=O)NCC1(c2cccs2)CCCCC1. The molecule has 1 fully saturated rings. The van der Waals surface area contributed by atoms with E-state index in [9.17, 15) is 8.42 Å². The lowest BCUT2D eigenvalue weighted by molar-refractivity contribution is 0.298. The molecule has 0 unspecified atom stereocenters. The molecule has 1 aliphatic carbocycles. The molecule has 130 valence electrons. The molecular weight excluding hydrogens is 342 g/mol. The van der Waals surface area contributed by atoms with Crippen molar-refractivity contribution in [1.29, 1.82) is 0 Å². The van der Waals surface area contributed by atoms with Crippen molar-refractivity contribution >= 4 is 21.4 Å². The summed E-state index contributed by atoms with van der Waals surface area (Å²) in [5.41, 5.74) is -0.0818. The fraction of sp³-hybridized carbons (Fsp3) is 0.444. The van der Waals surface area contributed by atoms with Gasteiger partial charge in [-0.3, -0.25) is 0 Å². The minimum atomic E-state index is -3.60. The molecule has 0 bridgehead atoms. The molecule has 4 nitrogen and oxygen atoms in total. The Labute approximate surface area is 147 Å². The predicted octanol–water partition coefficient (Wildman–Crippen LogP) is 3.94. The molecule has 1 heterocycles. The molecule has 0 radical (unpaired) electrons. The average molecular weight is 366 g/mol. The molecule has 2 aromatic rings. The van der Waals surface area contributed by atoms with Gasteiger partial charge >= 0.3 is 0 Å². The number of sulfonamides is 1. The van der Waals surface area contributed by atoms with Crippen molar-refractivity contribution in [3.63, 3.8) is 0 Å². The van der Waals surface area contributed by atoms with Crippen molar-refractivity contribution in [3.05, 3.63) is 46.7 Å². The second-order valence-corrected chi connectivity index (χ2v) is 8.98. The van der Waals surface area contributed by atoms with Crippen molar-refractivity contribution in [2.45, 2.75) is 42.4 Å². The highest BCUT2D eigenvalue weighted by molar-refractivity contribution is 7.89. The molecule has 0 aliphatic heterocycles. The summed E-state index contributed by atoms with van der Waals surface area (Å²) >= 11 is 1.72. The Hall–Kier alpha value is -1.37. The molecular formula is C18H23NO3S2. The summed E-state index contributed by atoms with van der Waals surface area (Å²) in [6.45, 7) is 0.438. The van der Waals surface area contributed by atoms with Crippen LogP contribution in [0.15, 0.2) is 46.7 Å². The highest BCUT2D eigenvalue weighted by atomic mass is 32.2. The first-order valence-electron chi connectivity index (χ1n) is 8.24. The Balaban J connectivity index is 1.84. The number of para-hydroxylation sites is 1. The van der Waals surface area contributed by atoms with Crippen LogP contribution in [0, 0.1) is 0 Å². The van der Waals surface area contributed by atoms with Gasteiger partial charge in [0.25, 0.3) is 0 Å². The van der Waals surface area contributed by atoms with Gasteiger partial charge in [0, 0.05) is 16.8 Å². The minimum Gasteiger partial charge on any atom is -0.495 e. The molecule has 1 aliphatic rings. The van der Waals surface area contributed by atoms with Gasteiger partial charge < -0.3 is 4.74 Å². The van der Waals surface area contributed by atoms with Gasteiger partial charge in [-0.05, 0) is 36.4 Å². The number of ether oxygens (including phenoxy) is 1. The number of benzene rings is 1. The summed E-state index contributed by atoms with van der Waals surface area (Å²) in [7, 11) is -2.11. The van der Waals surface area contributed by atoms with Gasteiger partial charge in [-0.25, -0.2) is 13.1 Å². The van der Waals surface area contributed by atoms with E-state index in [-0.39, 0.29) is 10.3 Å². The molecule has 1 aromatic heterocycles. The Morgan fingerprint density at radius 3 is 2.54 bits per heavy atom. The maximum absolute atomic E-state index is 12.8. The largest absolute Gasteiger partial charge is 0.495 e. The van der Waals surface area contributed by atoms with Crippen LogP contribution >= 0.6 is 11.3 Å². The summed E-state index contributed by atoms with van der Waals surface area (Å²) in [6.07, 6.45) is 5.58. The summed E-state index contributed by atoms with van der Waals surface area (Å²) in [4.78, 5) is 1.48. The molecule has 1 N–H and O–H groups in total. The van der Waals surface area contributed by atoms with Crippen LogP contribution in [0.3, 0.4) is 0 Å². The van der Waals surface area contributed by atoms with E-state index in [2.05, 4.69) is 16.2 Å². The zero-order valence-electron chi connectivity index (χ0n) is 13.8. The van der Waals surface area contributed by atoms with E-state index in [1.807, 2.05) is 6.07 Å². The molecule has 0 amide bonds. The number of nitrogens with one attached hydrogen (secondary N) is 1. The van der Waals surface area contributed by atoms with Crippen LogP contribution in [0.5, 0.6) is 5.75 Å². The molecule has 6 heteroatoms. The van der Waals surface area contributed by atoms with Crippen LogP contribution in [0.4, 0.5) is 0 Å². The standard InChI is InChI=1S/C18H23NO3S2/c1-22-15-8-3-4-9-16(15)24(20,21)19-14-18(11-5-2-6-12-18)17-10-7-13-23-17/h3-4,7-10,13,19H,2,5-6,11-12,14H2,1H3. The van der Waals surface area contributed by atoms with Gasteiger partial charge in [-0.1, -0.05) is 37.5 Å². The van der Waals surface area contributed by atoms with Gasteiger partial charge in [0.1, 0.15) is 10.6 Å². The Kier molecular flexibility index (Phi) is 5.27. The van der Waals surface area contributed by atoms with Crippen molar-refractivity contribution in [3.8, 4) is 5.75 Å². The van der Waals surface area contributed by atoms with Crippen LogP contribution in [-0.2, 0) is 15.4 Å². The average Bonchev–Trinajstić information content (AvgIpc) is 3.16. The normalized spacial score (nSPS) is 17.5. The van der Waals surface area contributed by atoms with Crippen molar-refractivity contribution in [2.75, 3.05) is 13.7 Å². The van der Waals surface area contributed by atoms with E-state index < -0.39 is 10.0 Å². The second-order valence-electron chi connectivity index (χ2n) is 6.29. The first kappa shape index (κ1) is 17.5. The third-order valence-corrected chi connectivity index (χ3v) is 7.37. The maximum Gasteiger partial charge on any atom is 0.244 e. The van der Waals surface area contributed by atoms with E-state index >= 15 is 0 Å². The third-order valence-electron chi connectivity index (χ3n) is 4.81. The van der Waals surface area contributed by atoms with Gasteiger partial charge in [0.05, 0.1) is 7.11 Å². The van der Waals surface area contributed by atoms with Crippen molar-refractivity contribution in [1.82, 2.24) is 4.72 Å². The highest BCUT2D eigenvalue weighted by Crippen LogP contribution is 2.41. The van der Waals surface area contributed by atoms with Gasteiger partial charge in [-0.2, -0.15) is 0 Å². The number of hydrogen-bond donors (Lipinski definition) is 1. The van der Waals surface area contributed by atoms with E-state index in [0.717, 1.165) is 25.7 Å². The summed E-state index contributed by atoms with van der Waals surface area (Å²) in [6, 6.07) is 10.9. The summed E-state index contributed by atoms with van der Waals surface area (Å²) < 4.78 is 33.6. The maximum atomic E-state index is 12.8. The number of rotatable bonds is 6. The van der Waals surface area contributed by atoms with E-state index in [1.54, 1.807) is 35.6 Å². The fourth-order valence-corrected chi connectivity index (χ4v) is 5.75. The number of thiophene rings is 1. The van der Waals surface area contributed by atoms with Gasteiger partial charge in [0.15, 0.2) is 0 Å². The first-order chi connectivity index (χ1) is 11.6. The second kappa shape index (κ2) is 7.25. The highest BCUT2D eigenvalue weighted by Gasteiger charge is 2.36. The van der Waals surface area contributed by atoms with Crippen molar-refractivity contribution < 1.29 is 13.2 Å². The summed E-state index contributed by atoms with van der Waals surface area (Å²) in [5.74, 6) is 0.374.